The van der Waals surface area contributed by atoms with Gasteiger partial charge in [-0.25, -0.2) is 4.39 Å². The lowest BCUT2D eigenvalue weighted by atomic mass is 10.0. The predicted octanol–water partition coefficient (Wildman–Crippen LogP) is 5.87. The fourth-order valence-corrected chi connectivity index (χ4v) is 2.26. The van der Waals surface area contributed by atoms with Crippen LogP contribution in [-0.2, 0) is 6.18 Å². The summed E-state index contributed by atoms with van der Waals surface area (Å²) in [6.45, 7) is 0. The zero-order chi connectivity index (χ0) is 15.1. The van der Waals surface area contributed by atoms with Crippen molar-refractivity contribution in [3.63, 3.8) is 0 Å². The lowest BCUT2D eigenvalue weighted by molar-refractivity contribution is -0.140. The van der Waals surface area contributed by atoms with Gasteiger partial charge in [0.15, 0.2) is 5.69 Å². The molecular formula is C12H4Cl3F4N. The Morgan fingerprint density at radius 1 is 0.950 bits per heavy atom. The van der Waals surface area contributed by atoms with Gasteiger partial charge in [0.1, 0.15) is 5.82 Å². The molecule has 0 unspecified atom stereocenters. The van der Waals surface area contributed by atoms with Crippen LogP contribution in [-0.4, -0.2) is 4.98 Å². The molecule has 8 heteroatoms. The zero-order valence-corrected chi connectivity index (χ0v) is 11.7. The van der Waals surface area contributed by atoms with Crippen LogP contribution in [0.2, 0.25) is 15.1 Å². The number of pyridine rings is 1. The van der Waals surface area contributed by atoms with E-state index in [-0.39, 0.29) is 20.6 Å². The number of benzene rings is 1. The zero-order valence-electron chi connectivity index (χ0n) is 9.40. The third-order valence-electron chi connectivity index (χ3n) is 2.45. The van der Waals surface area contributed by atoms with E-state index in [1.807, 2.05) is 0 Å². The molecule has 0 saturated carbocycles. The highest BCUT2D eigenvalue weighted by Crippen LogP contribution is 2.41. The summed E-state index contributed by atoms with van der Waals surface area (Å²) in [5.41, 5.74) is -2.36. The van der Waals surface area contributed by atoms with Crippen molar-refractivity contribution >= 4 is 34.8 Å². The van der Waals surface area contributed by atoms with Gasteiger partial charge in [0.2, 0.25) is 0 Å². The largest absolute Gasteiger partial charge is 0.434 e. The molecule has 0 fully saturated rings. The van der Waals surface area contributed by atoms with Crippen LogP contribution < -0.4 is 0 Å². The van der Waals surface area contributed by atoms with Crippen LogP contribution in [0.25, 0.3) is 11.1 Å². The Balaban J connectivity index is 2.79. The van der Waals surface area contributed by atoms with E-state index in [0.29, 0.717) is 0 Å². The smallest absolute Gasteiger partial charge is 0.251 e. The molecule has 106 valence electrons. The van der Waals surface area contributed by atoms with Crippen molar-refractivity contribution in [1.29, 1.82) is 0 Å². The Bertz CT molecular complexity index is 670. The van der Waals surface area contributed by atoms with E-state index < -0.39 is 23.3 Å². The molecule has 0 N–H and O–H groups in total. The van der Waals surface area contributed by atoms with Crippen LogP contribution >= 0.6 is 34.8 Å². The molecule has 0 spiro atoms. The fraction of sp³-hybridized carbons (Fsp3) is 0.0833. The molecule has 0 atom stereocenters. The second-order valence-corrected chi connectivity index (χ2v) is 4.98. The topological polar surface area (TPSA) is 12.9 Å². The number of alkyl halides is 3. The second-order valence-electron chi connectivity index (χ2n) is 3.76. The van der Waals surface area contributed by atoms with E-state index >= 15 is 0 Å². The van der Waals surface area contributed by atoms with Crippen LogP contribution in [0.1, 0.15) is 5.69 Å². The maximum atomic E-state index is 13.8. The van der Waals surface area contributed by atoms with Crippen LogP contribution in [0.15, 0.2) is 24.4 Å². The lowest BCUT2D eigenvalue weighted by Gasteiger charge is -2.14. The molecule has 1 aromatic heterocycles. The molecule has 0 amide bonds. The van der Waals surface area contributed by atoms with Crippen LogP contribution in [0, 0.1) is 5.82 Å². The van der Waals surface area contributed by atoms with Crippen molar-refractivity contribution < 1.29 is 17.6 Å². The summed E-state index contributed by atoms with van der Waals surface area (Å²) < 4.78 is 52.5. The van der Waals surface area contributed by atoms with Crippen LogP contribution in [0.5, 0.6) is 0 Å². The average molecular weight is 345 g/mol. The van der Waals surface area contributed by atoms with Crippen molar-refractivity contribution in [1.82, 2.24) is 4.98 Å². The molecule has 0 saturated heterocycles. The van der Waals surface area contributed by atoms with Gasteiger partial charge in [0, 0.05) is 17.3 Å². The van der Waals surface area contributed by atoms with Crippen molar-refractivity contribution in [2.24, 2.45) is 0 Å². The van der Waals surface area contributed by atoms with E-state index in [0.717, 1.165) is 24.4 Å². The Morgan fingerprint density at radius 2 is 1.55 bits per heavy atom. The molecule has 0 aliphatic heterocycles. The third kappa shape index (κ3) is 2.85. The molecule has 1 heterocycles. The molecule has 1 nitrogen and oxygen atoms in total. The van der Waals surface area contributed by atoms with Gasteiger partial charge in [0.05, 0.1) is 15.1 Å². The molecule has 2 rings (SSSR count). The summed E-state index contributed by atoms with van der Waals surface area (Å²) in [5, 5.41) is -0.141. The van der Waals surface area contributed by atoms with Gasteiger partial charge in [-0.3, -0.25) is 4.98 Å². The minimum absolute atomic E-state index is 0.0394. The third-order valence-corrected chi connectivity index (χ3v) is 3.48. The van der Waals surface area contributed by atoms with E-state index in [1.54, 1.807) is 0 Å². The SMILES string of the molecule is Fc1ccnc(C(F)(F)F)c1-c1cc(Cl)c(Cl)cc1Cl. The van der Waals surface area contributed by atoms with Gasteiger partial charge in [-0.05, 0) is 18.2 Å². The maximum absolute atomic E-state index is 13.8. The standard InChI is InChI=1S/C12H4Cl3F4N/c13-6-4-8(15)7(14)3-5(6)10-9(16)1-2-20-11(10)12(17,18)19/h1-4H. The Hall–Kier alpha value is -1.04. The first-order valence-corrected chi connectivity index (χ1v) is 6.22. The monoisotopic (exact) mass is 343 g/mol. The van der Waals surface area contributed by atoms with Gasteiger partial charge in [-0.1, -0.05) is 34.8 Å². The maximum Gasteiger partial charge on any atom is 0.434 e. The molecular weight excluding hydrogens is 340 g/mol. The van der Waals surface area contributed by atoms with Crippen molar-refractivity contribution in [3.05, 3.63) is 51.0 Å². The van der Waals surface area contributed by atoms with Crippen molar-refractivity contribution in [2.45, 2.75) is 6.18 Å². The second kappa shape index (κ2) is 5.39. The summed E-state index contributed by atoms with van der Waals surface area (Å²) >= 11 is 17.3. The van der Waals surface area contributed by atoms with Crippen molar-refractivity contribution in [3.8, 4) is 11.1 Å². The molecule has 20 heavy (non-hydrogen) atoms. The summed E-state index contributed by atoms with van der Waals surface area (Å²) in [4.78, 5) is 3.18. The van der Waals surface area contributed by atoms with Crippen molar-refractivity contribution in [2.75, 3.05) is 0 Å². The normalized spacial score (nSPS) is 11.8. The van der Waals surface area contributed by atoms with Gasteiger partial charge < -0.3 is 0 Å². The molecule has 0 radical (unpaired) electrons. The van der Waals surface area contributed by atoms with E-state index in [4.69, 9.17) is 34.8 Å². The lowest BCUT2D eigenvalue weighted by Crippen LogP contribution is -2.11. The molecule has 0 bridgehead atoms. The highest BCUT2D eigenvalue weighted by atomic mass is 35.5. The molecule has 2 aromatic rings. The van der Waals surface area contributed by atoms with E-state index in [9.17, 15) is 17.6 Å². The predicted molar refractivity (Wildman–Crippen MR) is 69.7 cm³/mol. The first kappa shape index (κ1) is 15.4. The number of hydrogen-bond donors (Lipinski definition) is 0. The quantitative estimate of drug-likeness (QED) is 0.466. The average Bonchev–Trinajstić information content (AvgIpc) is 2.33. The minimum Gasteiger partial charge on any atom is -0.251 e. The first-order valence-electron chi connectivity index (χ1n) is 5.08. The Morgan fingerprint density at radius 3 is 2.15 bits per heavy atom. The number of aromatic nitrogens is 1. The fourth-order valence-electron chi connectivity index (χ4n) is 1.62. The summed E-state index contributed by atoms with van der Waals surface area (Å²) in [7, 11) is 0. The van der Waals surface area contributed by atoms with Gasteiger partial charge in [-0.15, -0.1) is 0 Å². The molecule has 1 aromatic carbocycles. The number of halogens is 7. The Labute approximate surface area is 126 Å². The van der Waals surface area contributed by atoms with E-state index in [2.05, 4.69) is 4.98 Å². The van der Waals surface area contributed by atoms with Crippen LogP contribution in [0.4, 0.5) is 17.6 Å². The van der Waals surface area contributed by atoms with Crippen LogP contribution in [0.3, 0.4) is 0 Å². The first-order chi connectivity index (χ1) is 9.21. The van der Waals surface area contributed by atoms with Gasteiger partial charge in [0.25, 0.3) is 0 Å². The molecule has 0 aliphatic carbocycles. The Kier molecular flexibility index (Phi) is 4.14. The van der Waals surface area contributed by atoms with Gasteiger partial charge >= 0.3 is 6.18 Å². The summed E-state index contributed by atoms with van der Waals surface area (Å²) in [5.74, 6) is -1.10. The van der Waals surface area contributed by atoms with Gasteiger partial charge in [-0.2, -0.15) is 13.2 Å². The van der Waals surface area contributed by atoms with E-state index in [1.165, 1.54) is 0 Å². The summed E-state index contributed by atoms with van der Waals surface area (Å²) in [6.07, 6.45) is -4.10. The molecule has 0 aliphatic rings. The summed E-state index contributed by atoms with van der Waals surface area (Å²) in [6, 6.07) is 3.03. The highest BCUT2D eigenvalue weighted by molar-refractivity contribution is 6.44. The number of rotatable bonds is 1. The number of nitrogens with zero attached hydrogens (tertiary/aromatic N) is 1. The number of hydrogen-bond acceptors (Lipinski definition) is 1. The minimum atomic E-state index is -4.83. The highest BCUT2D eigenvalue weighted by Gasteiger charge is 2.37.